The summed E-state index contributed by atoms with van der Waals surface area (Å²) in [7, 11) is -4.02. The molecule has 0 unspecified atom stereocenters. The smallest absolute Gasteiger partial charge is 0.335 e. The summed E-state index contributed by atoms with van der Waals surface area (Å²) in [5.74, 6) is -1.23. The van der Waals surface area contributed by atoms with Gasteiger partial charge in [-0.15, -0.1) is 0 Å². The number of hydrogen-bond acceptors (Lipinski definition) is 3. The lowest BCUT2D eigenvalue weighted by Crippen LogP contribution is -2.14. The van der Waals surface area contributed by atoms with Crippen LogP contribution in [0.15, 0.2) is 77.7 Å². The molecule has 3 aromatic rings. The fourth-order valence-corrected chi connectivity index (χ4v) is 4.00. The molecule has 0 saturated carbocycles. The summed E-state index contributed by atoms with van der Waals surface area (Å²) in [6.07, 6.45) is 0. The van der Waals surface area contributed by atoms with Gasteiger partial charge < -0.3 is 5.11 Å². The standard InChI is InChI=1S/C19H14ClNO4S/c20-17-11-8-15(19(22)23)12-18(17)26(24,25)21-16-9-6-14(7-10-16)13-4-2-1-3-5-13/h1-12,21H,(H,22,23). The molecule has 132 valence electrons. The molecule has 0 heterocycles. The molecule has 0 aromatic heterocycles. The maximum absolute atomic E-state index is 12.6. The van der Waals surface area contributed by atoms with Gasteiger partial charge in [0.15, 0.2) is 0 Å². The highest BCUT2D eigenvalue weighted by molar-refractivity contribution is 7.92. The average molecular weight is 388 g/mol. The Morgan fingerprint density at radius 2 is 1.50 bits per heavy atom. The zero-order valence-electron chi connectivity index (χ0n) is 13.4. The molecule has 0 radical (unpaired) electrons. The van der Waals surface area contributed by atoms with E-state index in [1.165, 1.54) is 12.1 Å². The van der Waals surface area contributed by atoms with Crippen molar-refractivity contribution in [1.29, 1.82) is 0 Å². The summed E-state index contributed by atoms with van der Waals surface area (Å²) in [5, 5.41) is 8.98. The number of carboxylic acids is 1. The zero-order valence-corrected chi connectivity index (χ0v) is 15.0. The minimum Gasteiger partial charge on any atom is -0.478 e. The van der Waals surface area contributed by atoms with Gasteiger partial charge in [0.1, 0.15) is 4.90 Å². The number of anilines is 1. The summed E-state index contributed by atoms with van der Waals surface area (Å²) in [4.78, 5) is 10.8. The Bertz CT molecular complexity index is 1050. The van der Waals surface area contributed by atoms with Crippen molar-refractivity contribution in [3.63, 3.8) is 0 Å². The van der Waals surface area contributed by atoms with Crippen LogP contribution < -0.4 is 4.72 Å². The molecule has 26 heavy (non-hydrogen) atoms. The predicted molar refractivity (Wildman–Crippen MR) is 101 cm³/mol. The Morgan fingerprint density at radius 1 is 0.885 bits per heavy atom. The number of aromatic carboxylic acids is 1. The van der Waals surface area contributed by atoms with Gasteiger partial charge in [-0.05, 0) is 41.5 Å². The van der Waals surface area contributed by atoms with Gasteiger partial charge in [0.2, 0.25) is 0 Å². The van der Waals surface area contributed by atoms with Crippen LogP contribution in [-0.4, -0.2) is 19.5 Å². The van der Waals surface area contributed by atoms with Gasteiger partial charge in [-0.3, -0.25) is 4.72 Å². The Balaban J connectivity index is 1.88. The van der Waals surface area contributed by atoms with Gasteiger partial charge in [0.25, 0.3) is 10.0 Å². The van der Waals surface area contributed by atoms with E-state index in [9.17, 15) is 13.2 Å². The predicted octanol–water partition coefficient (Wildman–Crippen LogP) is 4.51. The third kappa shape index (κ3) is 3.87. The normalized spacial score (nSPS) is 11.1. The average Bonchev–Trinajstić information content (AvgIpc) is 2.63. The van der Waals surface area contributed by atoms with Crippen molar-refractivity contribution in [3.8, 4) is 11.1 Å². The maximum Gasteiger partial charge on any atom is 0.335 e. The highest BCUT2D eigenvalue weighted by atomic mass is 35.5. The first-order chi connectivity index (χ1) is 12.4. The van der Waals surface area contributed by atoms with E-state index >= 15 is 0 Å². The van der Waals surface area contributed by atoms with Crippen LogP contribution >= 0.6 is 11.6 Å². The molecular formula is C19H14ClNO4S. The molecule has 0 amide bonds. The molecule has 0 aliphatic heterocycles. The fourth-order valence-electron chi connectivity index (χ4n) is 2.41. The number of nitrogens with one attached hydrogen (secondary N) is 1. The molecule has 0 aliphatic rings. The Morgan fingerprint density at radius 3 is 2.12 bits per heavy atom. The second-order valence-electron chi connectivity index (χ2n) is 5.50. The van der Waals surface area contributed by atoms with Crippen molar-refractivity contribution in [1.82, 2.24) is 0 Å². The molecule has 0 atom stereocenters. The van der Waals surface area contributed by atoms with E-state index in [0.29, 0.717) is 5.69 Å². The fraction of sp³-hybridized carbons (Fsp3) is 0. The molecule has 0 aliphatic carbocycles. The monoisotopic (exact) mass is 387 g/mol. The van der Waals surface area contributed by atoms with Gasteiger partial charge in [-0.2, -0.15) is 0 Å². The first kappa shape index (κ1) is 18.0. The van der Waals surface area contributed by atoms with Crippen molar-refractivity contribution in [2.24, 2.45) is 0 Å². The van der Waals surface area contributed by atoms with Gasteiger partial charge in [-0.1, -0.05) is 54.1 Å². The highest BCUT2D eigenvalue weighted by Crippen LogP contribution is 2.26. The van der Waals surface area contributed by atoms with Crippen molar-refractivity contribution in [2.75, 3.05) is 4.72 Å². The van der Waals surface area contributed by atoms with Crippen LogP contribution in [0, 0.1) is 0 Å². The van der Waals surface area contributed by atoms with Crippen LogP contribution in [0.2, 0.25) is 5.02 Å². The van der Waals surface area contributed by atoms with Gasteiger partial charge >= 0.3 is 5.97 Å². The second kappa shape index (κ2) is 7.19. The molecule has 0 saturated heterocycles. The van der Waals surface area contributed by atoms with Crippen LogP contribution in [0.4, 0.5) is 5.69 Å². The van der Waals surface area contributed by atoms with Crippen molar-refractivity contribution < 1.29 is 18.3 Å². The third-order valence-electron chi connectivity index (χ3n) is 3.71. The number of sulfonamides is 1. The Kier molecular flexibility index (Phi) is 4.97. The van der Waals surface area contributed by atoms with Gasteiger partial charge in [-0.25, -0.2) is 13.2 Å². The highest BCUT2D eigenvalue weighted by Gasteiger charge is 2.20. The molecule has 0 fully saturated rings. The topological polar surface area (TPSA) is 83.5 Å². The number of hydrogen-bond donors (Lipinski definition) is 2. The largest absolute Gasteiger partial charge is 0.478 e. The SMILES string of the molecule is O=C(O)c1ccc(Cl)c(S(=O)(=O)Nc2ccc(-c3ccccc3)cc2)c1. The van der Waals surface area contributed by atoms with Gasteiger partial charge in [0, 0.05) is 5.69 Å². The van der Waals surface area contributed by atoms with Crippen molar-refractivity contribution >= 4 is 33.3 Å². The zero-order chi connectivity index (χ0) is 18.7. The van der Waals surface area contributed by atoms with Crippen LogP contribution in [-0.2, 0) is 10.0 Å². The van der Waals surface area contributed by atoms with E-state index in [1.807, 2.05) is 30.3 Å². The number of carbonyl (C=O) groups is 1. The lowest BCUT2D eigenvalue weighted by molar-refractivity contribution is 0.0696. The van der Waals surface area contributed by atoms with Crippen molar-refractivity contribution in [3.05, 3.63) is 83.4 Å². The molecular weight excluding hydrogens is 374 g/mol. The number of halogens is 1. The van der Waals surface area contributed by atoms with E-state index in [4.69, 9.17) is 16.7 Å². The minimum atomic E-state index is -4.02. The van der Waals surface area contributed by atoms with Crippen LogP contribution in [0.3, 0.4) is 0 Å². The molecule has 3 aromatic carbocycles. The quantitative estimate of drug-likeness (QED) is 0.674. The lowest BCUT2D eigenvalue weighted by atomic mass is 10.1. The Labute approximate surface area is 155 Å². The van der Waals surface area contributed by atoms with Crippen LogP contribution in [0.5, 0.6) is 0 Å². The molecule has 0 spiro atoms. The van der Waals surface area contributed by atoms with E-state index in [1.54, 1.807) is 24.3 Å². The summed E-state index contributed by atoms with van der Waals surface area (Å²) < 4.78 is 27.5. The molecule has 7 heteroatoms. The van der Waals surface area contributed by atoms with Gasteiger partial charge in [0.05, 0.1) is 10.6 Å². The summed E-state index contributed by atoms with van der Waals surface area (Å²) in [6, 6.07) is 20.1. The Hall–Kier alpha value is -2.83. The van der Waals surface area contributed by atoms with E-state index in [2.05, 4.69) is 4.72 Å². The van der Waals surface area contributed by atoms with Crippen LogP contribution in [0.1, 0.15) is 10.4 Å². The maximum atomic E-state index is 12.6. The first-order valence-corrected chi connectivity index (χ1v) is 9.44. The first-order valence-electron chi connectivity index (χ1n) is 7.58. The van der Waals surface area contributed by atoms with E-state index in [0.717, 1.165) is 17.2 Å². The molecule has 0 bridgehead atoms. The summed E-state index contributed by atoms with van der Waals surface area (Å²) >= 11 is 5.94. The minimum absolute atomic E-state index is 0.0524. The van der Waals surface area contributed by atoms with E-state index in [-0.39, 0.29) is 15.5 Å². The number of carboxylic acid groups (broad SMARTS) is 1. The number of benzene rings is 3. The number of rotatable bonds is 5. The van der Waals surface area contributed by atoms with Crippen LogP contribution in [0.25, 0.3) is 11.1 Å². The lowest BCUT2D eigenvalue weighted by Gasteiger charge is -2.11. The molecule has 2 N–H and O–H groups in total. The third-order valence-corrected chi connectivity index (χ3v) is 5.57. The second-order valence-corrected chi connectivity index (χ2v) is 7.56. The van der Waals surface area contributed by atoms with Crippen molar-refractivity contribution in [2.45, 2.75) is 4.90 Å². The summed E-state index contributed by atoms with van der Waals surface area (Å²) in [6.45, 7) is 0. The molecule has 5 nitrogen and oxygen atoms in total. The summed E-state index contributed by atoms with van der Waals surface area (Å²) in [5.41, 5.74) is 2.15. The molecule has 3 rings (SSSR count). The van der Waals surface area contributed by atoms with E-state index < -0.39 is 16.0 Å².